The Bertz CT molecular complexity index is 343. The van der Waals surface area contributed by atoms with Crippen molar-refractivity contribution in [3.8, 4) is 0 Å². The van der Waals surface area contributed by atoms with E-state index in [4.69, 9.17) is 11.6 Å². The Morgan fingerprint density at radius 2 is 1.64 bits per heavy atom. The van der Waals surface area contributed by atoms with Gasteiger partial charge in [-0.2, -0.15) is 0 Å². The first kappa shape index (κ1) is 9.07. The molecule has 0 atom stereocenters. The van der Waals surface area contributed by atoms with Gasteiger partial charge in [-0.15, -0.1) is 0 Å². The van der Waals surface area contributed by atoms with E-state index in [9.17, 15) is 8.42 Å². The molecule has 1 rings (SSSR count). The summed E-state index contributed by atoms with van der Waals surface area (Å²) in [6, 6.07) is 6.02. The van der Waals surface area contributed by atoms with Crippen LogP contribution in [0.2, 0.25) is 5.02 Å². The number of benzene rings is 1. The summed E-state index contributed by atoms with van der Waals surface area (Å²) in [7, 11) is -3.14. The summed E-state index contributed by atoms with van der Waals surface area (Å²) in [5.74, 6) is 0. The summed E-state index contributed by atoms with van der Waals surface area (Å²) in [6.45, 7) is 0. The van der Waals surface area contributed by atoms with Crippen LogP contribution >= 0.6 is 11.6 Å². The number of halogens is 1. The zero-order valence-corrected chi connectivity index (χ0v) is 8.81. The van der Waals surface area contributed by atoms with Crippen molar-refractivity contribution in [2.75, 3.05) is 0 Å². The van der Waals surface area contributed by atoms with Crippen molar-refractivity contribution < 1.29 is 8.42 Å². The zero-order chi connectivity index (χ0) is 8.48. The van der Waals surface area contributed by atoms with E-state index >= 15 is 0 Å². The van der Waals surface area contributed by atoms with Gasteiger partial charge in [0.1, 0.15) is 0 Å². The number of rotatable bonds is 1. The van der Waals surface area contributed by atoms with Crippen molar-refractivity contribution in [1.29, 1.82) is 0 Å². The molecule has 0 aliphatic heterocycles. The molecule has 0 unspecified atom stereocenters. The fourth-order valence-electron chi connectivity index (χ4n) is 0.607. The maximum atomic E-state index is 10.9. The van der Waals surface area contributed by atoms with Crippen LogP contribution in [0.4, 0.5) is 0 Å². The Labute approximate surface area is 77.4 Å². The molecular weight excluding hydrogens is 251 g/mol. The second kappa shape index (κ2) is 3.15. The summed E-state index contributed by atoms with van der Waals surface area (Å²) >= 11 is 7.18. The normalized spacial score (nSPS) is 11.5. The molecular formula is C6H5ClO2SSe. The monoisotopic (exact) mass is 256 g/mol. The van der Waals surface area contributed by atoms with Gasteiger partial charge in [-0.05, 0) is 0 Å². The van der Waals surface area contributed by atoms with Gasteiger partial charge in [-0.3, -0.25) is 0 Å². The summed E-state index contributed by atoms with van der Waals surface area (Å²) in [4.78, 5) is 0.266. The molecule has 0 fully saturated rings. The topological polar surface area (TPSA) is 34.1 Å². The second-order valence-electron chi connectivity index (χ2n) is 1.93. The molecule has 11 heavy (non-hydrogen) atoms. The van der Waals surface area contributed by atoms with Crippen LogP contribution in [0.1, 0.15) is 0 Å². The molecule has 0 bridgehead atoms. The predicted octanol–water partition coefficient (Wildman–Crippen LogP) is 0.930. The van der Waals surface area contributed by atoms with Crippen LogP contribution in [0.5, 0.6) is 0 Å². The predicted molar refractivity (Wildman–Crippen MR) is 45.8 cm³/mol. The summed E-state index contributed by atoms with van der Waals surface area (Å²) in [5.41, 5.74) is 0. The Hall–Kier alpha value is -0.0205. The van der Waals surface area contributed by atoms with Crippen molar-refractivity contribution in [1.82, 2.24) is 0 Å². The van der Waals surface area contributed by atoms with E-state index in [1.807, 2.05) is 0 Å². The Morgan fingerprint density at radius 1 is 1.18 bits per heavy atom. The fourth-order valence-corrected chi connectivity index (χ4v) is 1.98. The zero-order valence-electron chi connectivity index (χ0n) is 5.36. The van der Waals surface area contributed by atoms with Gasteiger partial charge < -0.3 is 0 Å². The van der Waals surface area contributed by atoms with Crippen LogP contribution in [0.15, 0.2) is 29.2 Å². The molecule has 0 aliphatic rings. The molecule has 2 nitrogen and oxygen atoms in total. The van der Waals surface area contributed by atoms with Crippen LogP contribution in [0.25, 0.3) is 0 Å². The molecule has 0 spiro atoms. The second-order valence-corrected chi connectivity index (χ2v) is 6.81. The maximum absolute atomic E-state index is 10.9. The van der Waals surface area contributed by atoms with Crippen molar-refractivity contribution in [2.24, 2.45) is 0 Å². The van der Waals surface area contributed by atoms with Gasteiger partial charge in [0.05, 0.1) is 0 Å². The van der Waals surface area contributed by atoms with Gasteiger partial charge in [-0.1, -0.05) is 0 Å². The molecule has 0 aromatic heterocycles. The van der Waals surface area contributed by atoms with Crippen molar-refractivity contribution >= 4 is 34.7 Å². The average molecular weight is 256 g/mol. The summed E-state index contributed by atoms with van der Waals surface area (Å²) < 4.78 is 21.7. The van der Waals surface area contributed by atoms with E-state index < -0.39 is 8.26 Å². The Morgan fingerprint density at radius 3 is 2.00 bits per heavy atom. The van der Waals surface area contributed by atoms with E-state index in [0.717, 1.165) is 0 Å². The number of hydrogen-bond donors (Lipinski definition) is 0. The first-order valence-electron chi connectivity index (χ1n) is 2.73. The van der Waals surface area contributed by atoms with Crippen LogP contribution < -0.4 is 0 Å². The molecule has 0 aliphatic carbocycles. The fraction of sp³-hybridized carbons (Fsp3) is 0. The minimum atomic E-state index is -3.14. The van der Waals surface area contributed by atoms with E-state index in [2.05, 4.69) is 0 Å². The van der Waals surface area contributed by atoms with Crippen molar-refractivity contribution in [3.05, 3.63) is 29.3 Å². The molecule has 0 saturated heterocycles. The van der Waals surface area contributed by atoms with E-state index in [-0.39, 0.29) is 4.90 Å². The van der Waals surface area contributed by atoms with E-state index in [1.165, 1.54) is 12.1 Å². The van der Waals surface area contributed by atoms with Gasteiger partial charge in [0.25, 0.3) is 0 Å². The third-order valence-electron chi connectivity index (χ3n) is 1.11. The molecule has 1 aromatic carbocycles. The van der Waals surface area contributed by atoms with Crippen LogP contribution in [0.3, 0.4) is 0 Å². The van der Waals surface area contributed by atoms with Crippen LogP contribution in [-0.2, 0) is 8.26 Å². The first-order chi connectivity index (χ1) is 5.00. The van der Waals surface area contributed by atoms with Gasteiger partial charge in [0.15, 0.2) is 0 Å². The van der Waals surface area contributed by atoms with Gasteiger partial charge in [0, 0.05) is 0 Å². The summed E-state index contributed by atoms with van der Waals surface area (Å²) in [6.07, 6.45) is 0. The quantitative estimate of drug-likeness (QED) is 0.700. The van der Waals surface area contributed by atoms with E-state index in [1.54, 1.807) is 27.0 Å². The first-order valence-corrected chi connectivity index (χ1v) is 6.85. The van der Waals surface area contributed by atoms with Crippen molar-refractivity contribution in [3.63, 3.8) is 0 Å². The van der Waals surface area contributed by atoms with Crippen LogP contribution in [0, 0.1) is 0 Å². The minimum absolute atomic E-state index is 0.266. The molecule has 0 heterocycles. The third-order valence-corrected chi connectivity index (χ3v) is 3.56. The number of hydrogen-bond acceptors (Lipinski definition) is 2. The van der Waals surface area contributed by atoms with Crippen molar-refractivity contribution in [2.45, 2.75) is 4.90 Å². The SMILES string of the molecule is O=S(=O)([SeH])c1ccc(Cl)cc1. The molecule has 60 valence electrons. The average Bonchev–Trinajstić information content (AvgIpc) is 1.86. The molecule has 0 radical (unpaired) electrons. The molecule has 0 amide bonds. The van der Waals surface area contributed by atoms with E-state index in [0.29, 0.717) is 5.02 Å². The molecule has 1 aromatic rings. The molecule has 0 saturated carbocycles. The summed E-state index contributed by atoms with van der Waals surface area (Å²) in [5, 5.41) is 0.532. The van der Waals surface area contributed by atoms with Crippen LogP contribution in [-0.4, -0.2) is 23.3 Å². The molecule has 5 heteroatoms. The van der Waals surface area contributed by atoms with Gasteiger partial charge >= 0.3 is 77.3 Å². The van der Waals surface area contributed by atoms with Gasteiger partial charge in [0.2, 0.25) is 0 Å². The standard InChI is InChI=1S/C6H5ClO2SSe/c7-5-1-3-6(4-2-5)10(8,9)11/h1-4H,(H,8,9,11). The van der Waals surface area contributed by atoms with Gasteiger partial charge in [-0.25, -0.2) is 0 Å². The molecule has 0 N–H and O–H groups in total. The third kappa shape index (κ3) is 2.49. The Kier molecular flexibility index (Phi) is 2.60. The Balaban J connectivity index is 3.20.